The lowest BCUT2D eigenvalue weighted by atomic mass is 10.2. The molecule has 0 saturated carbocycles. The van der Waals surface area contributed by atoms with Crippen molar-refractivity contribution in [1.29, 1.82) is 0 Å². The Morgan fingerprint density at radius 2 is 2.00 bits per heavy atom. The predicted octanol–water partition coefficient (Wildman–Crippen LogP) is 1.58. The molecule has 13 heavy (non-hydrogen) atoms. The number of aromatic nitrogens is 1. The number of carboxylic acids is 1. The average molecular weight is 177 g/mol. The van der Waals surface area contributed by atoms with Gasteiger partial charge in [0.25, 0.3) is 0 Å². The summed E-state index contributed by atoms with van der Waals surface area (Å²) in [4.78, 5) is 10.7. The summed E-state index contributed by atoms with van der Waals surface area (Å²) in [7, 11) is 0. The molecule has 0 atom stereocenters. The van der Waals surface area contributed by atoms with E-state index in [1.807, 2.05) is 0 Å². The van der Waals surface area contributed by atoms with Crippen molar-refractivity contribution in [1.82, 2.24) is 4.73 Å². The lowest BCUT2D eigenvalue weighted by Crippen LogP contribution is -1.93. The lowest BCUT2D eigenvalue weighted by Gasteiger charge is -1.91. The van der Waals surface area contributed by atoms with Crippen LogP contribution in [0.1, 0.15) is 10.4 Å². The quantitative estimate of drug-likeness (QED) is 0.650. The summed E-state index contributed by atoms with van der Waals surface area (Å²) in [5.41, 5.74) is 0.609. The molecule has 2 rings (SSSR count). The van der Waals surface area contributed by atoms with Crippen LogP contribution >= 0.6 is 0 Å². The molecule has 4 nitrogen and oxygen atoms in total. The third-order valence-corrected chi connectivity index (χ3v) is 1.92. The van der Waals surface area contributed by atoms with Crippen LogP contribution in [0.3, 0.4) is 0 Å². The highest BCUT2D eigenvalue weighted by Crippen LogP contribution is 2.19. The number of fused-ring (bicyclic) bond motifs is 1. The maximum atomic E-state index is 10.7. The molecule has 0 saturated heterocycles. The van der Waals surface area contributed by atoms with Crippen molar-refractivity contribution in [3.8, 4) is 0 Å². The molecular weight excluding hydrogens is 170 g/mol. The van der Waals surface area contributed by atoms with Gasteiger partial charge in [0.1, 0.15) is 0 Å². The van der Waals surface area contributed by atoms with Crippen LogP contribution in [-0.2, 0) is 0 Å². The van der Waals surface area contributed by atoms with Crippen molar-refractivity contribution in [2.24, 2.45) is 0 Å². The molecule has 0 fully saturated rings. The average Bonchev–Trinajstić information content (AvgIpc) is 2.45. The monoisotopic (exact) mass is 177 g/mol. The Morgan fingerprint density at radius 3 is 2.69 bits per heavy atom. The largest absolute Gasteiger partial charge is 0.478 e. The van der Waals surface area contributed by atoms with Crippen LogP contribution in [-0.4, -0.2) is 21.0 Å². The van der Waals surface area contributed by atoms with Gasteiger partial charge in [-0.05, 0) is 6.07 Å². The van der Waals surface area contributed by atoms with Gasteiger partial charge in [0, 0.05) is 5.39 Å². The van der Waals surface area contributed by atoms with Crippen molar-refractivity contribution in [3.05, 3.63) is 36.0 Å². The van der Waals surface area contributed by atoms with Crippen LogP contribution in [0.4, 0.5) is 0 Å². The zero-order chi connectivity index (χ0) is 9.42. The van der Waals surface area contributed by atoms with Gasteiger partial charge in [0.05, 0.1) is 17.3 Å². The predicted molar refractivity (Wildman–Crippen MR) is 46.1 cm³/mol. The molecule has 4 heteroatoms. The number of carboxylic acid groups (broad SMARTS) is 1. The second-order valence-corrected chi connectivity index (χ2v) is 2.71. The molecule has 1 aromatic carbocycles. The van der Waals surface area contributed by atoms with Gasteiger partial charge in [-0.1, -0.05) is 18.2 Å². The fourth-order valence-electron chi connectivity index (χ4n) is 1.33. The molecule has 2 N–H and O–H groups in total. The molecule has 0 aliphatic heterocycles. The van der Waals surface area contributed by atoms with E-state index in [1.165, 1.54) is 6.20 Å². The molecule has 0 bridgehead atoms. The minimum absolute atomic E-state index is 0.109. The van der Waals surface area contributed by atoms with E-state index in [1.54, 1.807) is 24.3 Å². The van der Waals surface area contributed by atoms with Crippen LogP contribution in [0.5, 0.6) is 0 Å². The Kier molecular flexibility index (Phi) is 1.48. The molecule has 1 aromatic heterocycles. The first-order chi connectivity index (χ1) is 6.20. The van der Waals surface area contributed by atoms with Crippen molar-refractivity contribution in [3.63, 3.8) is 0 Å². The number of nitrogens with zero attached hydrogens (tertiary/aromatic N) is 1. The second kappa shape index (κ2) is 2.52. The highest BCUT2D eigenvalue weighted by atomic mass is 16.5. The minimum atomic E-state index is -1.04. The van der Waals surface area contributed by atoms with Gasteiger partial charge in [-0.15, -0.1) is 0 Å². The summed E-state index contributed by atoms with van der Waals surface area (Å²) in [6, 6.07) is 6.78. The van der Waals surface area contributed by atoms with Gasteiger partial charge in [-0.2, -0.15) is 4.73 Å². The Hall–Kier alpha value is -1.97. The number of hydrogen-bond donors (Lipinski definition) is 2. The summed E-state index contributed by atoms with van der Waals surface area (Å²) in [5, 5.41) is 18.6. The Balaban J connectivity index is 2.85. The van der Waals surface area contributed by atoms with Crippen molar-refractivity contribution in [2.75, 3.05) is 0 Å². The van der Waals surface area contributed by atoms with E-state index in [2.05, 4.69) is 0 Å². The Bertz CT molecular complexity index is 473. The summed E-state index contributed by atoms with van der Waals surface area (Å²) >= 11 is 0. The topological polar surface area (TPSA) is 62.5 Å². The summed E-state index contributed by atoms with van der Waals surface area (Å²) in [6.45, 7) is 0. The van der Waals surface area contributed by atoms with E-state index in [0.29, 0.717) is 10.9 Å². The van der Waals surface area contributed by atoms with E-state index >= 15 is 0 Å². The lowest BCUT2D eigenvalue weighted by molar-refractivity contribution is 0.0696. The molecule has 1 heterocycles. The summed E-state index contributed by atoms with van der Waals surface area (Å²) in [6.07, 6.45) is 1.19. The van der Waals surface area contributed by atoms with Gasteiger partial charge in [-0.25, -0.2) is 4.79 Å². The molecular formula is C9H7NO3. The zero-order valence-corrected chi connectivity index (χ0v) is 6.64. The summed E-state index contributed by atoms with van der Waals surface area (Å²) in [5.74, 6) is -1.04. The van der Waals surface area contributed by atoms with Gasteiger partial charge in [-0.3, -0.25) is 0 Å². The first-order valence-corrected chi connectivity index (χ1v) is 3.73. The molecule has 66 valence electrons. The maximum Gasteiger partial charge on any atom is 0.338 e. The summed E-state index contributed by atoms with van der Waals surface area (Å²) < 4.78 is 0.818. The van der Waals surface area contributed by atoms with Crippen LogP contribution in [0.25, 0.3) is 10.9 Å². The van der Waals surface area contributed by atoms with Crippen molar-refractivity contribution < 1.29 is 15.1 Å². The fraction of sp³-hybridized carbons (Fsp3) is 0. The smallest absolute Gasteiger partial charge is 0.338 e. The molecule has 0 aliphatic carbocycles. The maximum absolute atomic E-state index is 10.7. The fourth-order valence-corrected chi connectivity index (χ4v) is 1.33. The highest BCUT2D eigenvalue weighted by molar-refractivity contribution is 6.03. The second-order valence-electron chi connectivity index (χ2n) is 2.71. The third kappa shape index (κ3) is 1.03. The van der Waals surface area contributed by atoms with Crippen LogP contribution in [0.15, 0.2) is 30.5 Å². The van der Waals surface area contributed by atoms with Gasteiger partial charge in [0.2, 0.25) is 0 Å². The number of hydrogen-bond acceptors (Lipinski definition) is 2. The molecule has 0 spiro atoms. The number of carbonyl (C=O) groups is 1. The SMILES string of the molecule is O=C(O)c1cn(O)c2ccccc12. The minimum Gasteiger partial charge on any atom is -0.478 e. The van der Waals surface area contributed by atoms with E-state index in [9.17, 15) is 10.0 Å². The molecule has 0 aliphatic rings. The normalized spacial score (nSPS) is 10.5. The van der Waals surface area contributed by atoms with E-state index in [0.717, 1.165) is 4.73 Å². The number of para-hydroxylation sites is 1. The van der Waals surface area contributed by atoms with E-state index < -0.39 is 5.97 Å². The molecule has 0 unspecified atom stereocenters. The van der Waals surface area contributed by atoms with Crippen LogP contribution in [0.2, 0.25) is 0 Å². The molecule has 0 radical (unpaired) electrons. The first kappa shape index (κ1) is 7.67. The highest BCUT2D eigenvalue weighted by Gasteiger charge is 2.12. The number of aromatic carboxylic acids is 1. The molecule has 0 amide bonds. The standard InChI is InChI=1S/C9H7NO3/c11-9(12)7-5-10(13)8-4-2-1-3-6(7)8/h1-5,13H,(H,11,12). The van der Waals surface area contributed by atoms with Gasteiger partial charge < -0.3 is 10.3 Å². The Morgan fingerprint density at radius 1 is 1.31 bits per heavy atom. The molecule has 2 aromatic rings. The van der Waals surface area contributed by atoms with E-state index in [-0.39, 0.29) is 5.56 Å². The zero-order valence-electron chi connectivity index (χ0n) is 6.64. The third-order valence-electron chi connectivity index (χ3n) is 1.92. The van der Waals surface area contributed by atoms with Crippen LogP contribution < -0.4 is 0 Å². The first-order valence-electron chi connectivity index (χ1n) is 3.73. The number of rotatable bonds is 1. The van der Waals surface area contributed by atoms with E-state index in [4.69, 9.17) is 5.11 Å². The van der Waals surface area contributed by atoms with Gasteiger partial charge in [0.15, 0.2) is 0 Å². The number of benzene rings is 1. The van der Waals surface area contributed by atoms with Crippen LogP contribution in [0, 0.1) is 0 Å². The van der Waals surface area contributed by atoms with Gasteiger partial charge >= 0.3 is 5.97 Å². The van der Waals surface area contributed by atoms with Crippen molar-refractivity contribution >= 4 is 16.9 Å². The van der Waals surface area contributed by atoms with Crippen molar-refractivity contribution in [2.45, 2.75) is 0 Å². The Labute approximate surface area is 73.6 Å².